The van der Waals surface area contributed by atoms with Gasteiger partial charge >= 0.3 is 6.09 Å². The molecule has 0 aromatic heterocycles. The normalized spacial score (nSPS) is 23.1. The fourth-order valence-corrected chi connectivity index (χ4v) is 5.72. The third kappa shape index (κ3) is 4.36. The molecule has 1 saturated carbocycles. The monoisotopic (exact) mass is 422 g/mol. The quantitative estimate of drug-likeness (QED) is 0.677. The Hall–Kier alpha value is -1.23. The predicted molar refractivity (Wildman–Crippen MR) is 110 cm³/mol. The zero-order valence-electron chi connectivity index (χ0n) is 16.4. The topological polar surface area (TPSA) is 43.8 Å². The first-order chi connectivity index (χ1) is 12.1. The number of rotatable bonds is 2. The molecule has 1 N–H and O–H groups in total. The van der Waals surface area contributed by atoms with Crippen molar-refractivity contribution >= 4 is 27.7 Å². The number of hydrogen-bond donors (Lipinski definition) is 1. The van der Waals surface area contributed by atoms with Crippen molar-refractivity contribution in [2.45, 2.75) is 52.9 Å². The maximum atomic E-state index is 11.2. The summed E-state index contributed by atoms with van der Waals surface area (Å²) in [5, 5.41) is 9.21. The smallest absolute Gasteiger partial charge is 0.407 e. The molecule has 3 rings (SSSR count). The number of hydrogen-bond acceptors (Lipinski definition) is 2. The Balaban J connectivity index is 1.88. The lowest BCUT2D eigenvalue weighted by molar-refractivity contribution is 0.0969. The summed E-state index contributed by atoms with van der Waals surface area (Å²) < 4.78 is 1.13. The lowest BCUT2D eigenvalue weighted by Gasteiger charge is -2.46. The van der Waals surface area contributed by atoms with Crippen LogP contribution in [0.3, 0.4) is 0 Å². The highest BCUT2D eigenvalue weighted by atomic mass is 79.9. The highest BCUT2D eigenvalue weighted by Crippen LogP contribution is 2.53. The fourth-order valence-electron chi connectivity index (χ4n) is 5.34. The maximum Gasteiger partial charge on any atom is 0.407 e. The number of anilines is 1. The number of piperazine rings is 1. The molecule has 0 bridgehead atoms. The Labute approximate surface area is 165 Å². The van der Waals surface area contributed by atoms with E-state index in [1.165, 1.54) is 35.4 Å². The van der Waals surface area contributed by atoms with Crippen molar-refractivity contribution in [1.82, 2.24) is 4.90 Å². The maximum absolute atomic E-state index is 11.2. The van der Waals surface area contributed by atoms with Crippen LogP contribution in [0.15, 0.2) is 22.7 Å². The van der Waals surface area contributed by atoms with E-state index in [1.54, 1.807) is 0 Å². The standard InChI is InChI=1S/C21H31BrN2O2/c1-20(2)12-15(13-21(3,4)14-20)17-11-16(22)5-6-18(17)23-7-9-24(10-8-23)19(25)26/h5-6,11,15H,7-10,12-14H2,1-4H3,(H,25,26). The van der Waals surface area contributed by atoms with E-state index < -0.39 is 6.09 Å². The third-order valence-corrected chi connectivity index (χ3v) is 6.37. The lowest BCUT2D eigenvalue weighted by atomic mass is 9.60. The molecule has 0 radical (unpaired) electrons. The van der Waals surface area contributed by atoms with Gasteiger partial charge in [-0.1, -0.05) is 43.6 Å². The summed E-state index contributed by atoms with van der Waals surface area (Å²) in [6.07, 6.45) is 2.86. The van der Waals surface area contributed by atoms with Gasteiger partial charge in [-0.3, -0.25) is 0 Å². The molecule has 0 spiro atoms. The van der Waals surface area contributed by atoms with Crippen LogP contribution in [0.2, 0.25) is 0 Å². The number of benzene rings is 1. The Bertz CT molecular complexity index is 663. The van der Waals surface area contributed by atoms with Crippen molar-refractivity contribution in [3.8, 4) is 0 Å². The van der Waals surface area contributed by atoms with Crippen molar-refractivity contribution in [1.29, 1.82) is 0 Å². The Morgan fingerprint density at radius 2 is 1.65 bits per heavy atom. The molecule has 1 aromatic rings. The Morgan fingerprint density at radius 3 is 2.19 bits per heavy atom. The van der Waals surface area contributed by atoms with Crippen molar-refractivity contribution in [2.24, 2.45) is 10.8 Å². The van der Waals surface area contributed by atoms with Crippen LogP contribution in [0.4, 0.5) is 10.5 Å². The van der Waals surface area contributed by atoms with E-state index in [9.17, 15) is 9.90 Å². The second-order valence-electron chi connectivity index (χ2n) is 9.57. The van der Waals surface area contributed by atoms with E-state index in [1.807, 2.05) is 0 Å². The van der Waals surface area contributed by atoms with E-state index >= 15 is 0 Å². The molecule has 0 atom stereocenters. The van der Waals surface area contributed by atoms with Crippen molar-refractivity contribution in [3.63, 3.8) is 0 Å². The first-order valence-corrected chi connectivity index (χ1v) is 10.4. The van der Waals surface area contributed by atoms with Crippen molar-refractivity contribution in [2.75, 3.05) is 31.1 Å². The summed E-state index contributed by atoms with van der Waals surface area (Å²) >= 11 is 3.67. The molecule has 144 valence electrons. The second-order valence-corrected chi connectivity index (χ2v) is 10.5. The van der Waals surface area contributed by atoms with Gasteiger partial charge in [0.1, 0.15) is 0 Å². The average Bonchev–Trinajstić information content (AvgIpc) is 2.52. The third-order valence-electron chi connectivity index (χ3n) is 5.88. The average molecular weight is 423 g/mol. The van der Waals surface area contributed by atoms with Gasteiger partial charge in [0, 0.05) is 36.3 Å². The number of carbonyl (C=O) groups is 1. The molecule has 2 aliphatic rings. The summed E-state index contributed by atoms with van der Waals surface area (Å²) in [5.74, 6) is 0.541. The predicted octanol–water partition coefficient (Wildman–Crippen LogP) is 5.57. The van der Waals surface area contributed by atoms with Gasteiger partial charge in [0.15, 0.2) is 0 Å². The van der Waals surface area contributed by atoms with Crippen LogP contribution >= 0.6 is 15.9 Å². The van der Waals surface area contributed by atoms with Crippen LogP contribution in [0, 0.1) is 10.8 Å². The molecule has 1 amide bonds. The second kappa shape index (κ2) is 7.06. The molecule has 1 saturated heterocycles. The van der Waals surface area contributed by atoms with Crippen LogP contribution < -0.4 is 4.90 Å². The zero-order valence-corrected chi connectivity index (χ0v) is 18.0. The first-order valence-electron chi connectivity index (χ1n) is 9.59. The van der Waals surface area contributed by atoms with Crippen LogP contribution in [0.25, 0.3) is 0 Å². The molecule has 1 heterocycles. The first kappa shape index (κ1) is 19.5. The number of carboxylic acid groups (broad SMARTS) is 1. The van der Waals surface area contributed by atoms with Gasteiger partial charge in [-0.05, 0) is 59.8 Å². The molecule has 1 aliphatic carbocycles. The van der Waals surface area contributed by atoms with Gasteiger partial charge in [0.25, 0.3) is 0 Å². The Morgan fingerprint density at radius 1 is 1.08 bits per heavy atom. The van der Waals surface area contributed by atoms with Gasteiger partial charge < -0.3 is 14.9 Å². The number of halogens is 1. The molecule has 4 nitrogen and oxygen atoms in total. The highest BCUT2D eigenvalue weighted by molar-refractivity contribution is 9.10. The van der Waals surface area contributed by atoms with Crippen LogP contribution in [-0.4, -0.2) is 42.3 Å². The van der Waals surface area contributed by atoms with Crippen molar-refractivity contribution in [3.05, 3.63) is 28.2 Å². The molecule has 2 fully saturated rings. The minimum atomic E-state index is -0.809. The van der Waals surface area contributed by atoms with Gasteiger partial charge in [-0.25, -0.2) is 4.79 Å². The largest absolute Gasteiger partial charge is 0.465 e. The van der Waals surface area contributed by atoms with Crippen LogP contribution in [-0.2, 0) is 0 Å². The number of nitrogens with zero attached hydrogens (tertiary/aromatic N) is 2. The van der Waals surface area contributed by atoms with E-state index in [2.05, 4.69) is 66.7 Å². The summed E-state index contributed by atoms with van der Waals surface area (Å²) in [5.41, 5.74) is 3.39. The van der Waals surface area contributed by atoms with Crippen LogP contribution in [0.1, 0.15) is 58.4 Å². The lowest BCUT2D eigenvalue weighted by Crippen LogP contribution is -2.48. The summed E-state index contributed by atoms with van der Waals surface area (Å²) in [6.45, 7) is 12.3. The fraction of sp³-hybridized carbons (Fsp3) is 0.667. The molecule has 26 heavy (non-hydrogen) atoms. The van der Waals surface area contributed by atoms with Crippen molar-refractivity contribution < 1.29 is 9.90 Å². The summed E-state index contributed by atoms with van der Waals surface area (Å²) in [6, 6.07) is 6.62. The van der Waals surface area contributed by atoms with Gasteiger partial charge in [-0.2, -0.15) is 0 Å². The highest BCUT2D eigenvalue weighted by Gasteiger charge is 2.40. The summed E-state index contributed by atoms with van der Waals surface area (Å²) in [7, 11) is 0. The van der Waals surface area contributed by atoms with Gasteiger partial charge in [-0.15, -0.1) is 0 Å². The van der Waals surface area contributed by atoms with E-state index in [0.717, 1.165) is 17.6 Å². The molecule has 1 aromatic carbocycles. The molecule has 5 heteroatoms. The van der Waals surface area contributed by atoms with Gasteiger partial charge in [0.2, 0.25) is 0 Å². The Kier molecular flexibility index (Phi) is 5.31. The minimum Gasteiger partial charge on any atom is -0.465 e. The van der Waals surface area contributed by atoms with E-state index in [0.29, 0.717) is 29.8 Å². The molecular weight excluding hydrogens is 392 g/mol. The summed E-state index contributed by atoms with van der Waals surface area (Å²) in [4.78, 5) is 15.1. The molecule has 1 aliphatic heterocycles. The van der Waals surface area contributed by atoms with E-state index in [4.69, 9.17) is 0 Å². The number of amides is 1. The van der Waals surface area contributed by atoms with E-state index in [-0.39, 0.29) is 0 Å². The minimum absolute atomic E-state index is 0.341. The zero-order chi connectivity index (χ0) is 19.1. The van der Waals surface area contributed by atoms with Crippen LogP contribution in [0.5, 0.6) is 0 Å². The van der Waals surface area contributed by atoms with Gasteiger partial charge in [0.05, 0.1) is 0 Å². The SMILES string of the molecule is CC1(C)CC(c2cc(Br)ccc2N2CCN(C(=O)O)CC2)CC(C)(C)C1. The molecular formula is C21H31BrN2O2. The molecule has 0 unspecified atom stereocenters.